The number of nitrogens with one attached hydrogen (secondary N) is 1. The van der Waals surface area contributed by atoms with Crippen LogP contribution in [-0.4, -0.2) is 43.8 Å². The fraction of sp³-hybridized carbons (Fsp3) is 0.385. The average Bonchev–Trinajstić information content (AvgIpc) is 3.36. The Bertz CT molecular complexity index is 1130. The summed E-state index contributed by atoms with van der Waals surface area (Å²) in [6.07, 6.45) is 1.04. The van der Waals surface area contributed by atoms with Crippen molar-refractivity contribution in [2.24, 2.45) is 0 Å². The highest BCUT2D eigenvalue weighted by Crippen LogP contribution is 2.47. The summed E-state index contributed by atoms with van der Waals surface area (Å²) < 4.78 is 16.0. The van der Waals surface area contributed by atoms with E-state index in [4.69, 9.17) is 14.2 Å². The van der Waals surface area contributed by atoms with Crippen LogP contribution < -0.4 is 10.1 Å². The van der Waals surface area contributed by atoms with E-state index in [0.29, 0.717) is 54.2 Å². The van der Waals surface area contributed by atoms with E-state index in [-0.39, 0.29) is 24.1 Å². The van der Waals surface area contributed by atoms with E-state index in [1.807, 2.05) is 25.3 Å². The molecule has 180 valence electrons. The van der Waals surface area contributed by atoms with E-state index in [0.717, 1.165) is 5.70 Å². The molecule has 4 rings (SSSR count). The van der Waals surface area contributed by atoms with Crippen molar-refractivity contribution in [1.29, 1.82) is 0 Å². The second kappa shape index (κ2) is 10.4. The summed E-state index contributed by atoms with van der Waals surface area (Å²) in [6, 6.07) is 9.02. The molecule has 2 N–H and O–H groups in total. The molecule has 2 aromatic rings. The van der Waals surface area contributed by atoms with Crippen molar-refractivity contribution < 1.29 is 28.9 Å². The summed E-state index contributed by atoms with van der Waals surface area (Å²) in [5.74, 6) is -0.812. The minimum absolute atomic E-state index is 0.0143. The number of carbonyl (C=O) groups excluding carboxylic acids is 2. The van der Waals surface area contributed by atoms with Gasteiger partial charge in [-0.05, 0) is 49.4 Å². The smallest absolute Gasteiger partial charge is 0.336 e. The summed E-state index contributed by atoms with van der Waals surface area (Å²) in [5.41, 5.74) is 3.01. The average molecular weight is 484 g/mol. The lowest BCUT2D eigenvalue weighted by Crippen LogP contribution is -2.36. The summed E-state index contributed by atoms with van der Waals surface area (Å²) in [7, 11) is 1.47. The van der Waals surface area contributed by atoms with Crippen molar-refractivity contribution in [2.75, 3.05) is 26.9 Å². The zero-order chi connectivity index (χ0) is 24.2. The van der Waals surface area contributed by atoms with Gasteiger partial charge in [0.05, 0.1) is 19.3 Å². The first-order chi connectivity index (χ1) is 16.4. The molecule has 0 bridgehead atoms. The van der Waals surface area contributed by atoms with Crippen LogP contribution in [0.3, 0.4) is 0 Å². The summed E-state index contributed by atoms with van der Waals surface area (Å²) in [6.45, 7) is 4.64. The number of hydrogen-bond donors (Lipinski definition) is 2. The molecule has 2 heterocycles. The Morgan fingerprint density at radius 1 is 1.24 bits per heavy atom. The maximum atomic E-state index is 13.5. The maximum absolute atomic E-state index is 13.5. The van der Waals surface area contributed by atoms with Crippen molar-refractivity contribution in [3.63, 3.8) is 0 Å². The molecule has 7 nitrogen and oxygen atoms in total. The third-order valence-corrected chi connectivity index (χ3v) is 7.23. The van der Waals surface area contributed by atoms with Gasteiger partial charge < -0.3 is 24.6 Å². The number of allylic oxidation sites excluding steroid dienone is 3. The van der Waals surface area contributed by atoms with E-state index in [2.05, 4.69) is 11.4 Å². The molecular formula is C26H29NO6S. The Balaban J connectivity index is 1.74. The van der Waals surface area contributed by atoms with Gasteiger partial charge in [0.15, 0.2) is 17.3 Å². The zero-order valence-electron chi connectivity index (χ0n) is 19.6. The number of ketones is 1. The molecule has 1 aliphatic carbocycles. The molecule has 0 unspecified atom stereocenters. The van der Waals surface area contributed by atoms with Crippen molar-refractivity contribution in [2.45, 2.75) is 38.5 Å². The molecule has 1 aromatic carbocycles. The lowest BCUT2D eigenvalue weighted by molar-refractivity contribution is -0.140. The molecule has 0 fully saturated rings. The SMILES string of the molecule is CCOCCOC(=O)C1=C(C)NC2=C(C(=O)C[C@H](c3cccs3)C2)[C@@H]1c1ccc(OC)c(O)c1. The quantitative estimate of drug-likeness (QED) is 0.424. The second-order valence-corrected chi connectivity index (χ2v) is 9.28. The third-order valence-electron chi connectivity index (χ3n) is 6.19. The number of hydrogen-bond acceptors (Lipinski definition) is 8. The van der Waals surface area contributed by atoms with Crippen LogP contribution in [0.15, 0.2) is 58.3 Å². The topological polar surface area (TPSA) is 94.1 Å². The monoisotopic (exact) mass is 483 g/mol. The summed E-state index contributed by atoms with van der Waals surface area (Å²) in [4.78, 5) is 27.9. The first-order valence-electron chi connectivity index (χ1n) is 11.3. The van der Waals surface area contributed by atoms with Crippen molar-refractivity contribution in [3.8, 4) is 11.5 Å². The van der Waals surface area contributed by atoms with Gasteiger partial charge in [-0.25, -0.2) is 4.79 Å². The van der Waals surface area contributed by atoms with Crippen LogP contribution in [0.4, 0.5) is 0 Å². The predicted molar refractivity (Wildman–Crippen MR) is 129 cm³/mol. The van der Waals surface area contributed by atoms with E-state index < -0.39 is 11.9 Å². The maximum Gasteiger partial charge on any atom is 0.336 e. The van der Waals surface area contributed by atoms with Gasteiger partial charge in [-0.15, -0.1) is 11.3 Å². The van der Waals surface area contributed by atoms with Crippen LogP contribution in [0.1, 0.15) is 49.0 Å². The number of esters is 1. The van der Waals surface area contributed by atoms with Gasteiger partial charge in [0.2, 0.25) is 0 Å². The number of phenolic OH excluding ortho intramolecular Hbond substituents is 1. The Morgan fingerprint density at radius 2 is 2.06 bits per heavy atom. The molecule has 0 amide bonds. The molecule has 34 heavy (non-hydrogen) atoms. The molecule has 8 heteroatoms. The van der Waals surface area contributed by atoms with Crippen molar-refractivity contribution in [1.82, 2.24) is 5.32 Å². The highest BCUT2D eigenvalue weighted by Gasteiger charge is 2.41. The largest absolute Gasteiger partial charge is 0.504 e. The molecule has 0 saturated heterocycles. The molecule has 0 radical (unpaired) electrons. The summed E-state index contributed by atoms with van der Waals surface area (Å²) >= 11 is 1.65. The fourth-order valence-corrected chi connectivity index (χ4v) is 5.50. The first kappa shape index (κ1) is 24.0. The highest BCUT2D eigenvalue weighted by atomic mass is 32.1. The van der Waals surface area contributed by atoms with E-state index in [1.165, 1.54) is 12.0 Å². The molecular weight excluding hydrogens is 454 g/mol. The van der Waals surface area contributed by atoms with Crippen LogP contribution in [0.25, 0.3) is 0 Å². The van der Waals surface area contributed by atoms with Crippen molar-refractivity contribution in [3.05, 3.63) is 68.7 Å². The molecule has 0 spiro atoms. The van der Waals surface area contributed by atoms with Crippen LogP contribution in [0.2, 0.25) is 0 Å². The van der Waals surface area contributed by atoms with Gasteiger partial charge in [-0.2, -0.15) is 0 Å². The van der Waals surface area contributed by atoms with Gasteiger partial charge in [-0.3, -0.25) is 4.79 Å². The Labute approximate surface area is 203 Å². The van der Waals surface area contributed by atoms with Crippen LogP contribution in [-0.2, 0) is 19.1 Å². The highest BCUT2D eigenvalue weighted by molar-refractivity contribution is 7.10. The van der Waals surface area contributed by atoms with Gasteiger partial charge in [0.25, 0.3) is 0 Å². The number of rotatable bonds is 8. The van der Waals surface area contributed by atoms with Gasteiger partial charge in [-0.1, -0.05) is 12.1 Å². The van der Waals surface area contributed by atoms with E-state index in [1.54, 1.807) is 29.5 Å². The minimum Gasteiger partial charge on any atom is -0.504 e. The normalized spacial score (nSPS) is 20.1. The number of aromatic hydroxyl groups is 1. The van der Waals surface area contributed by atoms with E-state index >= 15 is 0 Å². The van der Waals surface area contributed by atoms with E-state index in [9.17, 15) is 14.7 Å². The van der Waals surface area contributed by atoms with Crippen LogP contribution in [0.5, 0.6) is 11.5 Å². The first-order valence-corrected chi connectivity index (χ1v) is 12.2. The van der Waals surface area contributed by atoms with Crippen LogP contribution in [0, 0.1) is 0 Å². The summed E-state index contributed by atoms with van der Waals surface area (Å²) in [5, 5.41) is 15.8. The minimum atomic E-state index is -0.649. The standard InChI is InChI=1S/C26H29NO6S/c1-4-32-9-10-33-26(30)23-15(2)27-18-12-17(22-6-5-11-34-22)14-20(29)25(18)24(23)16-7-8-21(31-3)19(28)13-16/h5-8,11,13,17,24,27-28H,4,9-10,12,14H2,1-3H3/t17-,24-/m1/s1. The lowest BCUT2D eigenvalue weighted by atomic mass is 9.72. The number of ether oxygens (including phenoxy) is 3. The molecule has 1 aliphatic heterocycles. The third kappa shape index (κ3) is 4.74. The number of dihydropyridines is 1. The van der Waals surface area contributed by atoms with Crippen molar-refractivity contribution >= 4 is 23.1 Å². The number of methoxy groups -OCH3 is 1. The molecule has 2 atom stereocenters. The molecule has 1 aromatic heterocycles. The van der Waals surface area contributed by atoms with Gasteiger partial charge >= 0.3 is 5.97 Å². The molecule has 2 aliphatic rings. The fourth-order valence-electron chi connectivity index (χ4n) is 4.67. The zero-order valence-corrected chi connectivity index (χ0v) is 20.4. The van der Waals surface area contributed by atoms with Gasteiger partial charge in [0.1, 0.15) is 6.61 Å². The number of carbonyl (C=O) groups is 2. The Morgan fingerprint density at radius 3 is 2.74 bits per heavy atom. The Hall–Kier alpha value is -3.10. The lowest BCUT2D eigenvalue weighted by Gasteiger charge is -2.36. The van der Waals surface area contributed by atoms with Crippen LogP contribution >= 0.6 is 11.3 Å². The molecule has 0 saturated carbocycles. The Kier molecular flexibility index (Phi) is 7.38. The predicted octanol–water partition coefficient (Wildman–Crippen LogP) is 4.40. The number of thiophene rings is 1. The number of phenols is 1. The number of benzene rings is 1. The van der Waals surface area contributed by atoms with Gasteiger partial charge in [0, 0.05) is 46.7 Å². The number of Topliss-reactive ketones (excluding diaryl/α,β-unsaturated/α-hetero) is 1. The second-order valence-electron chi connectivity index (χ2n) is 8.30.